The number of carbonyl (C=O) groups excluding carboxylic acids is 3. The number of hydrogen-bond donors (Lipinski definition) is 1. The third kappa shape index (κ3) is 3.96. The van der Waals surface area contributed by atoms with Crippen LogP contribution in [0.3, 0.4) is 0 Å². The highest BCUT2D eigenvalue weighted by atomic mass is 127. The van der Waals surface area contributed by atoms with Gasteiger partial charge in [-0.1, -0.05) is 23.7 Å². The first-order valence-electron chi connectivity index (χ1n) is 8.45. The predicted molar refractivity (Wildman–Crippen MR) is 117 cm³/mol. The standard InChI is InChI=1S/C21H12ClIN2O4/c22-13-3-7-15(8-4-13)25-20(27)17(19(26)24-21(25)28)11-16-9-10-18(29-16)12-1-5-14(23)6-2-12/h1-11H,(H,24,26,28). The number of benzene rings is 2. The number of carbonyl (C=O) groups is 3. The molecular weight excluding hydrogens is 507 g/mol. The van der Waals surface area contributed by atoms with Crippen LogP contribution in [-0.4, -0.2) is 17.8 Å². The van der Waals surface area contributed by atoms with Gasteiger partial charge >= 0.3 is 6.03 Å². The Morgan fingerprint density at radius 3 is 2.31 bits per heavy atom. The van der Waals surface area contributed by atoms with Crippen LogP contribution in [0.5, 0.6) is 0 Å². The lowest BCUT2D eigenvalue weighted by atomic mass is 10.1. The minimum atomic E-state index is -0.821. The summed E-state index contributed by atoms with van der Waals surface area (Å²) < 4.78 is 6.85. The molecule has 1 saturated heterocycles. The van der Waals surface area contributed by atoms with E-state index in [1.165, 1.54) is 18.2 Å². The van der Waals surface area contributed by atoms with Gasteiger partial charge in [-0.3, -0.25) is 14.9 Å². The number of nitrogens with zero attached hydrogens (tertiary/aromatic N) is 1. The summed E-state index contributed by atoms with van der Waals surface area (Å²) in [5, 5.41) is 2.63. The fourth-order valence-electron chi connectivity index (χ4n) is 2.82. The summed E-state index contributed by atoms with van der Waals surface area (Å²) in [6.45, 7) is 0. The Labute approximate surface area is 184 Å². The smallest absolute Gasteiger partial charge is 0.335 e. The summed E-state index contributed by atoms with van der Waals surface area (Å²) in [4.78, 5) is 38.2. The topological polar surface area (TPSA) is 79.6 Å². The van der Waals surface area contributed by atoms with Gasteiger partial charge in [-0.15, -0.1) is 0 Å². The molecule has 29 heavy (non-hydrogen) atoms. The second-order valence-electron chi connectivity index (χ2n) is 6.14. The maximum Gasteiger partial charge on any atom is 0.335 e. The molecule has 1 aromatic heterocycles. The fourth-order valence-corrected chi connectivity index (χ4v) is 3.31. The third-order valence-electron chi connectivity index (χ3n) is 4.23. The first-order chi connectivity index (χ1) is 13.9. The van der Waals surface area contributed by atoms with Gasteiger partial charge in [0.1, 0.15) is 17.1 Å². The molecule has 1 fully saturated rings. The van der Waals surface area contributed by atoms with Crippen LogP contribution in [0.4, 0.5) is 10.5 Å². The maximum absolute atomic E-state index is 12.9. The zero-order valence-corrected chi connectivity index (χ0v) is 17.6. The van der Waals surface area contributed by atoms with E-state index < -0.39 is 17.8 Å². The van der Waals surface area contributed by atoms with Crippen LogP contribution >= 0.6 is 34.2 Å². The fraction of sp³-hybridized carbons (Fsp3) is 0. The van der Waals surface area contributed by atoms with Crippen molar-refractivity contribution in [2.45, 2.75) is 0 Å². The van der Waals surface area contributed by atoms with E-state index in [1.54, 1.807) is 24.3 Å². The Morgan fingerprint density at radius 1 is 0.931 bits per heavy atom. The van der Waals surface area contributed by atoms with Crippen LogP contribution < -0.4 is 10.2 Å². The molecule has 6 nitrogen and oxygen atoms in total. The number of anilines is 1. The van der Waals surface area contributed by atoms with Gasteiger partial charge in [0, 0.05) is 14.2 Å². The molecule has 0 spiro atoms. The molecule has 8 heteroatoms. The van der Waals surface area contributed by atoms with Crippen molar-refractivity contribution in [3.05, 3.63) is 80.6 Å². The molecule has 3 aromatic rings. The van der Waals surface area contributed by atoms with Crippen LogP contribution in [0.2, 0.25) is 5.02 Å². The quantitative estimate of drug-likeness (QED) is 0.305. The summed E-state index contributed by atoms with van der Waals surface area (Å²) in [6, 6.07) is 16.5. The summed E-state index contributed by atoms with van der Waals surface area (Å²) in [5.41, 5.74) is 0.963. The number of halogens is 2. The lowest BCUT2D eigenvalue weighted by Crippen LogP contribution is -2.54. The molecule has 0 saturated carbocycles. The van der Waals surface area contributed by atoms with Crippen molar-refractivity contribution in [3.63, 3.8) is 0 Å². The van der Waals surface area contributed by atoms with Crippen LogP contribution in [0.25, 0.3) is 17.4 Å². The van der Waals surface area contributed by atoms with E-state index >= 15 is 0 Å². The number of rotatable bonds is 3. The van der Waals surface area contributed by atoms with E-state index in [0.717, 1.165) is 14.0 Å². The molecule has 1 N–H and O–H groups in total. The number of amides is 4. The van der Waals surface area contributed by atoms with E-state index in [-0.39, 0.29) is 5.57 Å². The monoisotopic (exact) mass is 518 g/mol. The van der Waals surface area contributed by atoms with Crippen LogP contribution in [0.15, 0.2) is 70.7 Å². The average molecular weight is 519 g/mol. The second-order valence-corrected chi connectivity index (χ2v) is 7.83. The molecule has 2 heterocycles. The van der Waals surface area contributed by atoms with Crippen molar-refractivity contribution in [3.8, 4) is 11.3 Å². The molecule has 0 bridgehead atoms. The molecule has 1 aliphatic heterocycles. The number of barbiturate groups is 1. The van der Waals surface area contributed by atoms with Crippen molar-refractivity contribution < 1.29 is 18.8 Å². The predicted octanol–water partition coefficient (Wildman–Crippen LogP) is 4.87. The molecule has 4 amide bonds. The van der Waals surface area contributed by atoms with Crippen molar-refractivity contribution in [2.24, 2.45) is 0 Å². The van der Waals surface area contributed by atoms with E-state index in [1.807, 2.05) is 24.3 Å². The number of hydrogen-bond acceptors (Lipinski definition) is 4. The van der Waals surface area contributed by atoms with Crippen LogP contribution in [-0.2, 0) is 9.59 Å². The lowest BCUT2D eigenvalue weighted by molar-refractivity contribution is -0.122. The van der Waals surface area contributed by atoms with E-state index in [9.17, 15) is 14.4 Å². The van der Waals surface area contributed by atoms with Gasteiger partial charge in [-0.25, -0.2) is 9.69 Å². The Kier molecular flexibility index (Phi) is 5.25. The summed E-state index contributed by atoms with van der Waals surface area (Å²) in [6.07, 6.45) is 1.32. The maximum atomic E-state index is 12.9. The SMILES string of the molecule is O=C1NC(=O)N(c2ccc(Cl)cc2)C(=O)C1=Cc1ccc(-c2ccc(I)cc2)o1. The third-order valence-corrected chi connectivity index (χ3v) is 5.20. The highest BCUT2D eigenvalue weighted by molar-refractivity contribution is 14.1. The van der Waals surface area contributed by atoms with Gasteiger partial charge in [-0.05, 0) is 77.2 Å². The van der Waals surface area contributed by atoms with Crippen LogP contribution in [0.1, 0.15) is 5.76 Å². The number of imide groups is 2. The number of nitrogens with one attached hydrogen (secondary N) is 1. The average Bonchev–Trinajstić information content (AvgIpc) is 3.16. The zero-order valence-electron chi connectivity index (χ0n) is 14.7. The van der Waals surface area contributed by atoms with Crippen molar-refractivity contribution in [2.75, 3.05) is 4.90 Å². The molecule has 0 aliphatic carbocycles. The Hall–Kier alpha value is -2.91. The Morgan fingerprint density at radius 2 is 1.62 bits per heavy atom. The molecule has 144 valence electrons. The van der Waals surface area contributed by atoms with Gasteiger partial charge < -0.3 is 4.42 Å². The zero-order chi connectivity index (χ0) is 20.5. The van der Waals surface area contributed by atoms with Crippen molar-refractivity contribution >= 4 is 63.8 Å². The van der Waals surface area contributed by atoms with E-state index in [4.69, 9.17) is 16.0 Å². The number of furan rings is 1. The summed E-state index contributed by atoms with van der Waals surface area (Å²) in [7, 11) is 0. The minimum Gasteiger partial charge on any atom is -0.457 e. The molecule has 0 unspecified atom stereocenters. The largest absolute Gasteiger partial charge is 0.457 e. The van der Waals surface area contributed by atoms with Crippen molar-refractivity contribution in [1.82, 2.24) is 5.32 Å². The molecule has 0 atom stereocenters. The number of urea groups is 1. The molecule has 0 radical (unpaired) electrons. The van der Waals surface area contributed by atoms with Gasteiger partial charge in [0.05, 0.1) is 5.69 Å². The van der Waals surface area contributed by atoms with E-state index in [0.29, 0.717) is 22.2 Å². The van der Waals surface area contributed by atoms with Gasteiger partial charge in [-0.2, -0.15) is 0 Å². The normalized spacial score (nSPS) is 15.7. The second kappa shape index (κ2) is 7.84. The summed E-state index contributed by atoms with van der Waals surface area (Å²) in [5.74, 6) is -0.601. The molecular formula is C21H12ClIN2O4. The van der Waals surface area contributed by atoms with Gasteiger partial charge in [0.2, 0.25) is 0 Å². The van der Waals surface area contributed by atoms with Gasteiger partial charge in [0.25, 0.3) is 11.8 Å². The Bertz CT molecular complexity index is 1150. The lowest BCUT2D eigenvalue weighted by Gasteiger charge is -2.26. The first-order valence-corrected chi connectivity index (χ1v) is 9.91. The highest BCUT2D eigenvalue weighted by Gasteiger charge is 2.37. The molecule has 2 aromatic carbocycles. The molecule has 4 rings (SSSR count). The van der Waals surface area contributed by atoms with Crippen molar-refractivity contribution in [1.29, 1.82) is 0 Å². The Balaban J connectivity index is 1.66. The van der Waals surface area contributed by atoms with E-state index in [2.05, 4.69) is 27.9 Å². The summed E-state index contributed by atoms with van der Waals surface area (Å²) >= 11 is 8.07. The van der Waals surface area contributed by atoms with Crippen LogP contribution in [0, 0.1) is 3.57 Å². The van der Waals surface area contributed by atoms with Gasteiger partial charge in [0.15, 0.2) is 0 Å². The molecule has 1 aliphatic rings. The highest BCUT2D eigenvalue weighted by Crippen LogP contribution is 2.26. The minimum absolute atomic E-state index is 0.205. The first kappa shape index (κ1) is 19.4.